The van der Waals surface area contributed by atoms with Gasteiger partial charge in [-0.25, -0.2) is 4.79 Å². The first kappa shape index (κ1) is 12.7. The molecule has 0 atom stereocenters. The Labute approximate surface area is 103 Å². The van der Waals surface area contributed by atoms with Crippen LogP contribution in [0.2, 0.25) is 0 Å². The van der Waals surface area contributed by atoms with E-state index in [1.165, 1.54) is 19.3 Å². The lowest BCUT2D eigenvalue weighted by molar-refractivity contribution is -0.00503. The number of carbonyl (C=O) groups is 1. The summed E-state index contributed by atoms with van der Waals surface area (Å²) >= 11 is 0. The van der Waals surface area contributed by atoms with Gasteiger partial charge in [-0.05, 0) is 57.9 Å². The smallest absolute Gasteiger partial charge is 0.410 e. The zero-order chi connectivity index (χ0) is 12.7. The summed E-state index contributed by atoms with van der Waals surface area (Å²) in [5.41, 5.74) is 5.80. The van der Waals surface area contributed by atoms with Crippen molar-refractivity contribution in [3.05, 3.63) is 0 Å². The third-order valence-corrected chi connectivity index (χ3v) is 3.72. The van der Waals surface area contributed by atoms with Crippen LogP contribution in [0.5, 0.6) is 0 Å². The molecule has 0 aromatic heterocycles. The van der Waals surface area contributed by atoms with Crippen molar-refractivity contribution >= 4 is 6.09 Å². The minimum absolute atomic E-state index is 0.175. The summed E-state index contributed by atoms with van der Waals surface area (Å²) in [6.07, 6.45) is 3.55. The molecule has 0 unspecified atom stereocenters. The molecule has 4 heteroatoms. The number of likely N-dealkylation sites (tertiary alicyclic amines) is 1. The number of hydrogen-bond donors (Lipinski definition) is 1. The van der Waals surface area contributed by atoms with E-state index in [4.69, 9.17) is 10.5 Å². The Bertz CT molecular complexity index is 299. The summed E-state index contributed by atoms with van der Waals surface area (Å²) in [6, 6.07) is 0. The van der Waals surface area contributed by atoms with E-state index in [9.17, 15) is 4.79 Å². The maximum atomic E-state index is 11.7. The Hall–Kier alpha value is -0.770. The Morgan fingerprint density at radius 3 is 2.41 bits per heavy atom. The van der Waals surface area contributed by atoms with Gasteiger partial charge < -0.3 is 15.4 Å². The van der Waals surface area contributed by atoms with Crippen molar-refractivity contribution in [1.82, 2.24) is 4.90 Å². The molecule has 1 aliphatic heterocycles. The maximum Gasteiger partial charge on any atom is 0.410 e. The van der Waals surface area contributed by atoms with Crippen LogP contribution < -0.4 is 5.73 Å². The van der Waals surface area contributed by atoms with E-state index in [-0.39, 0.29) is 6.09 Å². The van der Waals surface area contributed by atoms with Crippen molar-refractivity contribution in [2.75, 3.05) is 19.6 Å². The van der Waals surface area contributed by atoms with Crippen molar-refractivity contribution < 1.29 is 9.53 Å². The van der Waals surface area contributed by atoms with Crippen LogP contribution in [0.15, 0.2) is 0 Å². The summed E-state index contributed by atoms with van der Waals surface area (Å²) in [4.78, 5) is 13.5. The van der Waals surface area contributed by atoms with Gasteiger partial charge in [-0.3, -0.25) is 0 Å². The minimum Gasteiger partial charge on any atom is -0.444 e. The van der Waals surface area contributed by atoms with Gasteiger partial charge in [0, 0.05) is 13.1 Å². The number of rotatable bonds is 3. The third kappa shape index (κ3) is 3.12. The molecule has 98 valence electrons. The molecule has 1 saturated carbocycles. The topological polar surface area (TPSA) is 55.6 Å². The Morgan fingerprint density at radius 2 is 2.00 bits per heavy atom. The zero-order valence-corrected chi connectivity index (χ0v) is 11.2. The average molecular weight is 240 g/mol. The van der Waals surface area contributed by atoms with Crippen LogP contribution in [0.25, 0.3) is 0 Å². The molecule has 1 amide bonds. The van der Waals surface area contributed by atoms with Gasteiger partial charge in [0.2, 0.25) is 0 Å². The van der Waals surface area contributed by atoms with E-state index < -0.39 is 5.60 Å². The fourth-order valence-electron chi connectivity index (χ4n) is 2.46. The van der Waals surface area contributed by atoms with Gasteiger partial charge in [0.05, 0.1) is 0 Å². The second-order valence-electron chi connectivity index (χ2n) is 6.66. The van der Waals surface area contributed by atoms with Crippen molar-refractivity contribution in [3.63, 3.8) is 0 Å². The summed E-state index contributed by atoms with van der Waals surface area (Å²) in [5, 5.41) is 0. The van der Waals surface area contributed by atoms with Crippen LogP contribution in [0.4, 0.5) is 4.79 Å². The predicted octanol–water partition coefficient (Wildman–Crippen LogP) is 1.98. The number of nitrogens with zero attached hydrogens (tertiary/aromatic N) is 1. The van der Waals surface area contributed by atoms with Crippen LogP contribution in [0, 0.1) is 11.3 Å². The number of amides is 1. The second-order valence-corrected chi connectivity index (χ2v) is 6.66. The summed E-state index contributed by atoms with van der Waals surface area (Å²) < 4.78 is 5.32. The van der Waals surface area contributed by atoms with Gasteiger partial charge in [-0.2, -0.15) is 0 Å². The molecule has 1 aliphatic carbocycles. The molecule has 0 spiro atoms. The Balaban J connectivity index is 1.70. The predicted molar refractivity (Wildman–Crippen MR) is 66.6 cm³/mol. The first-order valence-corrected chi connectivity index (χ1v) is 6.52. The van der Waals surface area contributed by atoms with E-state index in [0.717, 1.165) is 19.6 Å². The Morgan fingerprint density at radius 1 is 1.41 bits per heavy atom. The highest BCUT2D eigenvalue weighted by Gasteiger charge is 2.46. The number of hydrogen-bond acceptors (Lipinski definition) is 3. The van der Waals surface area contributed by atoms with E-state index in [0.29, 0.717) is 11.3 Å². The number of nitrogens with two attached hydrogens (primary N) is 1. The first-order valence-electron chi connectivity index (χ1n) is 6.52. The molecule has 2 rings (SSSR count). The SMILES string of the molecule is CC(C)(C)OC(=O)N1CC(CC2(CN)CC2)C1. The van der Waals surface area contributed by atoms with E-state index in [1.807, 2.05) is 20.8 Å². The standard InChI is InChI=1S/C13H24N2O2/c1-12(2,3)17-11(16)15-7-10(8-15)6-13(9-14)4-5-13/h10H,4-9,14H2,1-3H3. The molecular formula is C13H24N2O2. The van der Waals surface area contributed by atoms with Gasteiger partial charge in [-0.15, -0.1) is 0 Å². The van der Waals surface area contributed by atoms with Gasteiger partial charge >= 0.3 is 6.09 Å². The van der Waals surface area contributed by atoms with Gasteiger partial charge in [0.1, 0.15) is 5.60 Å². The fraction of sp³-hybridized carbons (Fsp3) is 0.923. The highest BCUT2D eigenvalue weighted by molar-refractivity contribution is 5.69. The molecule has 0 aromatic rings. The largest absolute Gasteiger partial charge is 0.444 e. The summed E-state index contributed by atoms with van der Waals surface area (Å²) in [6.45, 7) is 8.19. The molecule has 2 aliphatic rings. The lowest BCUT2D eigenvalue weighted by Gasteiger charge is -2.41. The molecule has 0 bridgehead atoms. The monoisotopic (exact) mass is 240 g/mol. The molecule has 1 heterocycles. The van der Waals surface area contributed by atoms with Crippen LogP contribution in [0.1, 0.15) is 40.0 Å². The molecule has 2 N–H and O–H groups in total. The lowest BCUT2D eigenvalue weighted by atomic mass is 9.87. The van der Waals surface area contributed by atoms with Gasteiger partial charge in [0.15, 0.2) is 0 Å². The Kier molecular flexibility index (Phi) is 3.10. The average Bonchev–Trinajstić information content (AvgIpc) is 2.88. The molecular weight excluding hydrogens is 216 g/mol. The summed E-state index contributed by atoms with van der Waals surface area (Å²) in [7, 11) is 0. The van der Waals surface area contributed by atoms with Crippen LogP contribution >= 0.6 is 0 Å². The van der Waals surface area contributed by atoms with Crippen molar-refractivity contribution in [2.45, 2.75) is 45.6 Å². The minimum atomic E-state index is -0.392. The molecule has 1 saturated heterocycles. The zero-order valence-electron chi connectivity index (χ0n) is 11.2. The van der Waals surface area contributed by atoms with Crippen LogP contribution in [-0.2, 0) is 4.74 Å². The highest BCUT2D eigenvalue weighted by Crippen LogP contribution is 2.50. The van der Waals surface area contributed by atoms with Gasteiger partial charge in [0.25, 0.3) is 0 Å². The maximum absolute atomic E-state index is 11.7. The first-order chi connectivity index (χ1) is 7.84. The van der Waals surface area contributed by atoms with Crippen molar-refractivity contribution in [1.29, 1.82) is 0 Å². The normalized spacial score (nSPS) is 23.2. The molecule has 4 nitrogen and oxygen atoms in total. The van der Waals surface area contributed by atoms with Crippen molar-refractivity contribution in [2.24, 2.45) is 17.1 Å². The van der Waals surface area contributed by atoms with Crippen molar-refractivity contribution in [3.8, 4) is 0 Å². The van der Waals surface area contributed by atoms with E-state index >= 15 is 0 Å². The van der Waals surface area contributed by atoms with Crippen LogP contribution in [0.3, 0.4) is 0 Å². The molecule has 0 radical (unpaired) electrons. The second kappa shape index (κ2) is 4.16. The third-order valence-electron chi connectivity index (χ3n) is 3.72. The van der Waals surface area contributed by atoms with E-state index in [1.54, 1.807) is 4.90 Å². The van der Waals surface area contributed by atoms with Crippen LogP contribution in [-0.4, -0.2) is 36.2 Å². The molecule has 2 fully saturated rings. The molecule has 0 aromatic carbocycles. The molecule has 17 heavy (non-hydrogen) atoms. The lowest BCUT2D eigenvalue weighted by Crippen LogP contribution is -2.52. The van der Waals surface area contributed by atoms with Gasteiger partial charge in [-0.1, -0.05) is 0 Å². The summed E-state index contributed by atoms with van der Waals surface area (Å²) in [5.74, 6) is 0.633. The highest BCUT2D eigenvalue weighted by atomic mass is 16.6. The quantitative estimate of drug-likeness (QED) is 0.820. The number of ether oxygens (including phenoxy) is 1. The number of carbonyl (C=O) groups excluding carboxylic acids is 1. The van der Waals surface area contributed by atoms with E-state index in [2.05, 4.69) is 0 Å². The fourth-order valence-corrected chi connectivity index (χ4v) is 2.46.